The Kier molecular flexibility index (Phi) is 3.83. The Morgan fingerprint density at radius 2 is 1.71 bits per heavy atom. The van der Waals surface area contributed by atoms with Crippen LogP contribution >= 0.6 is 11.3 Å². The number of hydrogen-bond acceptors (Lipinski definition) is 5. The van der Waals surface area contributed by atoms with Gasteiger partial charge >= 0.3 is 0 Å². The van der Waals surface area contributed by atoms with Crippen LogP contribution in [0.3, 0.4) is 0 Å². The van der Waals surface area contributed by atoms with E-state index in [1.165, 1.54) is 11.3 Å². The van der Waals surface area contributed by atoms with Gasteiger partial charge in [-0.05, 0) is 48.0 Å². The molecule has 0 aliphatic carbocycles. The molecule has 0 N–H and O–H groups in total. The zero-order chi connectivity index (χ0) is 14.7. The minimum atomic E-state index is 0.731. The highest BCUT2D eigenvalue weighted by Crippen LogP contribution is 2.30. The molecule has 0 saturated heterocycles. The summed E-state index contributed by atoms with van der Waals surface area (Å²) in [7, 11) is 3.31. The normalized spacial score (nSPS) is 11.1. The average Bonchev–Trinajstić information content (AvgIpc) is 2.95. The fourth-order valence-electron chi connectivity index (χ4n) is 1.89. The Morgan fingerprint density at radius 3 is 2.43 bits per heavy atom. The molecule has 1 aromatic heterocycles. The summed E-state index contributed by atoms with van der Waals surface area (Å²) in [5.41, 5.74) is 1.94. The van der Waals surface area contributed by atoms with Gasteiger partial charge in [-0.25, -0.2) is 9.98 Å². The molecule has 0 spiro atoms. The predicted octanol–water partition coefficient (Wildman–Crippen LogP) is 4.06. The van der Waals surface area contributed by atoms with Crippen molar-refractivity contribution >= 4 is 32.9 Å². The van der Waals surface area contributed by atoms with E-state index in [-0.39, 0.29) is 0 Å². The summed E-state index contributed by atoms with van der Waals surface area (Å²) >= 11 is 1.54. The smallest absolute Gasteiger partial charge is 0.210 e. The molecule has 21 heavy (non-hydrogen) atoms. The number of aromatic nitrogens is 1. The average molecular weight is 298 g/mol. The van der Waals surface area contributed by atoms with Crippen LogP contribution in [0.2, 0.25) is 0 Å². The Morgan fingerprint density at radius 1 is 1.00 bits per heavy atom. The third kappa shape index (κ3) is 3.03. The predicted molar refractivity (Wildman–Crippen MR) is 86.4 cm³/mol. The summed E-state index contributed by atoms with van der Waals surface area (Å²) in [4.78, 5) is 8.90. The van der Waals surface area contributed by atoms with Gasteiger partial charge in [-0.3, -0.25) is 0 Å². The summed E-state index contributed by atoms with van der Waals surface area (Å²) in [6.07, 6.45) is 1.80. The first kappa shape index (κ1) is 13.6. The maximum Gasteiger partial charge on any atom is 0.210 e. The van der Waals surface area contributed by atoms with E-state index in [1.807, 2.05) is 42.5 Å². The minimum Gasteiger partial charge on any atom is -0.497 e. The molecule has 0 amide bonds. The number of methoxy groups -OCH3 is 2. The quantitative estimate of drug-likeness (QED) is 0.682. The summed E-state index contributed by atoms with van der Waals surface area (Å²) in [6.45, 7) is 0. The van der Waals surface area contributed by atoms with Crippen molar-refractivity contribution in [2.75, 3.05) is 14.2 Å². The van der Waals surface area contributed by atoms with Crippen molar-refractivity contribution in [3.8, 4) is 11.5 Å². The van der Waals surface area contributed by atoms with Gasteiger partial charge in [0, 0.05) is 6.21 Å². The number of ether oxygens (including phenoxy) is 2. The lowest BCUT2D eigenvalue weighted by Crippen LogP contribution is -1.84. The van der Waals surface area contributed by atoms with Crippen LogP contribution in [0.15, 0.2) is 47.5 Å². The number of fused-ring (bicyclic) bond motifs is 1. The van der Waals surface area contributed by atoms with Crippen LogP contribution < -0.4 is 9.47 Å². The molecule has 0 radical (unpaired) electrons. The standard InChI is InChI=1S/C16H14N2O2S/c1-19-12-5-3-11(4-6-12)10-17-16-18-14-8-7-13(20-2)9-15(14)21-16/h3-10H,1-2H3/b17-10+. The lowest BCUT2D eigenvalue weighted by atomic mass is 10.2. The molecule has 4 nitrogen and oxygen atoms in total. The molecule has 5 heteroatoms. The molecular formula is C16H14N2O2S. The number of nitrogens with zero attached hydrogens (tertiary/aromatic N) is 2. The topological polar surface area (TPSA) is 43.7 Å². The number of benzene rings is 2. The SMILES string of the molecule is COc1ccc(/C=N/c2nc3ccc(OC)cc3s2)cc1. The lowest BCUT2D eigenvalue weighted by molar-refractivity contribution is 0.415. The van der Waals surface area contributed by atoms with E-state index in [9.17, 15) is 0 Å². The van der Waals surface area contributed by atoms with Gasteiger partial charge < -0.3 is 9.47 Å². The van der Waals surface area contributed by atoms with E-state index in [0.717, 1.165) is 32.4 Å². The molecule has 106 valence electrons. The summed E-state index contributed by atoms with van der Waals surface area (Å²) in [6, 6.07) is 13.5. The first-order valence-electron chi connectivity index (χ1n) is 6.41. The Balaban J connectivity index is 1.84. The molecule has 0 saturated carbocycles. The molecule has 0 unspecified atom stereocenters. The van der Waals surface area contributed by atoms with Gasteiger partial charge in [-0.1, -0.05) is 11.3 Å². The first-order chi connectivity index (χ1) is 10.3. The Labute approximate surface area is 126 Å². The molecule has 0 bridgehead atoms. The minimum absolute atomic E-state index is 0.731. The van der Waals surface area contributed by atoms with Crippen LogP contribution in [-0.2, 0) is 0 Å². The Hall–Kier alpha value is -2.40. The van der Waals surface area contributed by atoms with Gasteiger partial charge in [0.2, 0.25) is 5.13 Å². The fourth-order valence-corrected chi connectivity index (χ4v) is 2.73. The zero-order valence-electron chi connectivity index (χ0n) is 11.7. The van der Waals surface area contributed by atoms with Crippen molar-refractivity contribution in [2.45, 2.75) is 0 Å². The number of rotatable bonds is 4. The highest BCUT2D eigenvalue weighted by atomic mass is 32.1. The van der Waals surface area contributed by atoms with Crippen molar-refractivity contribution < 1.29 is 9.47 Å². The van der Waals surface area contributed by atoms with E-state index in [1.54, 1.807) is 20.4 Å². The molecule has 3 aromatic rings. The molecule has 0 fully saturated rings. The number of aliphatic imine (C=N–C) groups is 1. The summed E-state index contributed by atoms with van der Waals surface area (Å²) in [5.74, 6) is 1.66. The third-order valence-corrected chi connectivity index (χ3v) is 3.95. The van der Waals surface area contributed by atoms with E-state index < -0.39 is 0 Å². The molecule has 3 rings (SSSR count). The van der Waals surface area contributed by atoms with Gasteiger partial charge in [0.25, 0.3) is 0 Å². The largest absolute Gasteiger partial charge is 0.497 e. The van der Waals surface area contributed by atoms with Gasteiger partial charge in [0.1, 0.15) is 11.5 Å². The van der Waals surface area contributed by atoms with Crippen LogP contribution in [0.5, 0.6) is 11.5 Å². The van der Waals surface area contributed by atoms with Gasteiger partial charge in [-0.15, -0.1) is 0 Å². The van der Waals surface area contributed by atoms with Crippen molar-refractivity contribution in [1.29, 1.82) is 0 Å². The molecule has 0 atom stereocenters. The highest BCUT2D eigenvalue weighted by Gasteiger charge is 2.03. The van der Waals surface area contributed by atoms with Crippen LogP contribution in [-0.4, -0.2) is 25.4 Å². The van der Waals surface area contributed by atoms with E-state index in [2.05, 4.69) is 9.98 Å². The van der Waals surface area contributed by atoms with Gasteiger partial charge in [-0.2, -0.15) is 0 Å². The van der Waals surface area contributed by atoms with Gasteiger partial charge in [0.05, 0.1) is 24.4 Å². The molecular weight excluding hydrogens is 284 g/mol. The Bertz CT molecular complexity index is 779. The number of hydrogen-bond donors (Lipinski definition) is 0. The molecule has 0 aliphatic rings. The van der Waals surface area contributed by atoms with E-state index in [0.29, 0.717) is 0 Å². The van der Waals surface area contributed by atoms with Crippen molar-refractivity contribution in [3.05, 3.63) is 48.0 Å². The second-order valence-electron chi connectivity index (χ2n) is 4.36. The molecule has 1 heterocycles. The van der Waals surface area contributed by atoms with Crippen molar-refractivity contribution in [1.82, 2.24) is 4.98 Å². The fraction of sp³-hybridized carbons (Fsp3) is 0.125. The van der Waals surface area contributed by atoms with Crippen molar-refractivity contribution in [2.24, 2.45) is 4.99 Å². The third-order valence-electron chi connectivity index (χ3n) is 3.02. The van der Waals surface area contributed by atoms with Gasteiger partial charge in [0.15, 0.2) is 0 Å². The highest BCUT2D eigenvalue weighted by molar-refractivity contribution is 7.22. The zero-order valence-corrected chi connectivity index (χ0v) is 12.6. The van der Waals surface area contributed by atoms with E-state index in [4.69, 9.17) is 9.47 Å². The second-order valence-corrected chi connectivity index (χ2v) is 5.37. The van der Waals surface area contributed by atoms with Crippen LogP contribution in [0, 0.1) is 0 Å². The monoisotopic (exact) mass is 298 g/mol. The molecule has 2 aromatic carbocycles. The second kappa shape index (κ2) is 5.93. The first-order valence-corrected chi connectivity index (χ1v) is 7.23. The molecule has 0 aliphatic heterocycles. The number of thiazole rings is 1. The lowest BCUT2D eigenvalue weighted by Gasteiger charge is -1.98. The van der Waals surface area contributed by atoms with Crippen LogP contribution in [0.1, 0.15) is 5.56 Å². The summed E-state index contributed by atoms with van der Waals surface area (Å²) in [5, 5.41) is 0.731. The van der Waals surface area contributed by atoms with E-state index >= 15 is 0 Å². The van der Waals surface area contributed by atoms with Crippen LogP contribution in [0.4, 0.5) is 5.13 Å². The maximum atomic E-state index is 5.21. The van der Waals surface area contributed by atoms with Crippen LogP contribution in [0.25, 0.3) is 10.2 Å². The maximum absolute atomic E-state index is 5.21. The van der Waals surface area contributed by atoms with Crippen molar-refractivity contribution in [3.63, 3.8) is 0 Å². The summed E-state index contributed by atoms with van der Waals surface area (Å²) < 4.78 is 11.4.